The first-order valence-electron chi connectivity index (χ1n) is 11.3. The summed E-state index contributed by atoms with van der Waals surface area (Å²) < 4.78 is 0. The fourth-order valence-electron chi connectivity index (χ4n) is 4.58. The van der Waals surface area contributed by atoms with E-state index in [2.05, 4.69) is 147 Å². The van der Waals surface area contributed by atoms with Crippen molar-refractivity contribution >= 4 is 37.1 Å². The second-order valence-corrected chi connectivity index (χ2v) is 13.5. The maximum Gasteiger partial charge on any atom is 0.0335 e. The normalized spacial score (nSPS) is 11.5. The van der Waals surface area contributed by atoms with Gasteiger partial charge in [0.25, 0.3) is 0 Å². The molecule has 0 saturated heterocycles. The first-order chi connectivity index (χ1) is 16.3. The third kappa shape index (κ3) is 5.09. The van der Waals surface area contributed by atoms with E-state index in [1.165, 1.54) is 21.2 Å². The Bertz CT molecular complexity index is 965. The van der Waals surface area contributed by atoms with Crippen LogP contribution < -0.4 is 21.2 Å². The minimum absolute atomic E-state index is 0.0560. The molecule has 0 atom stereocenters. The van der Waals surface area contributed by atoms with Crippen molar-refractivity contribution in [2.24, 2.45) is 0 Å². The number of rotatable bonds is 10. The molecular weight excluding hydrogens is 434 g/mol. The van der Waals surface area contributed by atoms with E-state index in [1.807, 2.05) is 0 Å². The molecule has 4 aromatic carbocycles. The summed E-state index contributed by atoms with van der Waals surface area (Å²) in [6.45, 7) is 8.51. The Labute approximate surface area is 201 Å². The van der Waals surface area contributed by atoms with Crippen molar-refractivity contribution in [1.29, 1.82) is 0 Å². The minimum Gasteiger partial charge on any atom is -0.103 e. The number of hydrogen-bond donors (Lipinski definition) is 0. The van der Waals surface area contributed by atoms with Crippen LogP contribution in [0.25, 0.3) is 0 Å². The van der Waals surface area contributed by atoms with Crippen molar-refractivity contribution in [3.05, 3.63) is 147 Å². The molecule has 33 heavy (non-hydrogen) atoms. The minimum atomic E-state index is -0.711. The van der Waals surface area contributed by atoms with Crippen LogP contribution in [-0.4, -0.2) is 4.90 Å². The average molecular weight is 465 g/mol. The molecule has 0 N–H and O–H groups in total. The first-order valence-corrected chi connectivity index (χ1v) is 14.0. The predicted molar refractivity (Wildman–Crippen MR) is 151 cm³/mol. The van der Waals surface area contributed by atoms with Gasteiger partial charge in [-0.25, -0.2) is 0 Å². The number of hydrogen-bond acceptors (Lipinski definition) is 0. The van der Waals surface area contributed by atoms with Crippen molar-refractivity contribution in [1.82, 2.24) is 0 Å². The quantitative estimate of drug-likeness (QED) is 0.173. The highest BCUT2D eigenvalue weighted by molar-refractivity contribution is 7.91. The second-order valence-electron chi connectivity index (χ2n) is 7.98. The van der Waals surface area contributed by atoms with Crippen LogP contribution in [-0.2, 0) is 0 Å². The van der Waals surface area contributed by atoms with Gasteiger partial charge >= 0.3 is 0 Å². The van der Waals surface area contributed by atoms with Crippen molar-refractivity contribution in [2.75, 3.05) is 0 Å². The van der Waals surface area contributed by atoms with Crippen molar-refractivity contribution in [3.8, 4) is 0 Å². The molecule has 0 fully saturated rings. The Morgan fingerprint density at radius 1 is 0.455 bits per heavy atom. The van der Waals surface area contributed by atoms with Gasteiger partial charge in [0.15, 0.2) is 0 Å². The zero-order valence-corrected chi connectivity index (χ0v) is 20.7. The molecule has 0 spiro atoms. The standard InChI is InChI=1S/C31H30P2/c1-3-25-31(26-4-2,32(27-17-9-5-10-18-27)28-19-11-6-12-20-28)33(29-21-13-7-14-22-29)30-23-15-8-16-24-30/h3-24H,1-2,25-26H2. The highest BCUT2D eigenvalue weighted by Crippen LogP contribution is 2.68. The van der Waals surface area contributed by atoms with Crippen LogP contribution >= 0.6 is 15.8 Å². The van der Waals surface area contributed by atoms with E-state index in [0.717, 1.165) is 12.8 Å². The monoisotopic (exact) mass is 464 g/mol. The summed E-state index contributed by atoms with van der Waals surface area (Å²) in [7, 11) is -1.42. The Morgan fingerprint density at radius 3 is 0.909 bits per heavy atom. The SMILES string of the molecule is C=CCC(CC=C)(P(c1ccccc1)c1ccccc1)P(c1ccccc1)c1ccccc1. The van der Waals surface area contributed by atoms with Crippen LogP contribution in [0.1, 0.15) is 12.8 Å². The van der Waals surface area contributed by atoms with Gasteiger partial charge < -0.3 is 0 Å². The predicted octanol–water partition coefficient (Wildman–Crippen LogP) is 7.10. The topological polar surface area (TPSA) is 0 Å². The molecule has 0 aromatic heterocycles. The summed E-state index contributed by atoms with van der Waals surface area (Å²) in [5.41, 5.74) is 0. The zero-order chi connectivity index (χ0) is 22.9. The molecule has 2 heteroatoms. The molecule has 0 saturated carbocycles. The Kier molecular flexibility index (Phi) is 8.06. The van der Waals surface area contributed by atoms with Crippen LogP contribution in [0, 0.1) is 0 Å². The molecule has 4 aromatic rings. The molecule has 0 aliphatic carbocycles. The van der Waals surface area contributed by atoms with Crippen molar-refractivity contribution in [2.45, 2.75) is 17.7 Å². The summed E-state index contributed by atoms with van der Waals surface area (Å²) in [5.74, 6) is 0. The summed E-state index contributed by atoms with van der Waals surface area (Å²) in [6, 6.07) is 44.3. The van der Waals surface area contributed by atoms with E-state index >= 15 is 0 Å². The lowest BCUT2D eigenvalue weighted by molar-refractivity contribution is 0.813. The molecule has 0 nitrogen and oxygen atoms in total. The summed E-state index contributed by atoms with van der Waals surface area (Å²) in [5, 5.41) is 5.62. The van der Waals surface area contributed by atoms with E-state index in [4.69, 9.17) is 0 Å². The molecule has 0 radical (unpaired) electrons. The lowest BCUT2D eigenvalue weighted by Crippen LogP contribution is -2.38. The van der Waals surface area contributed by atoms with E-state index in [9.17, 15) is 0 Å². The van der Waals surface area contributed by atoms with Gasteiger partial charge in [-0.1, -0.05) is 133 Å². The van der Waals surface area contributed by atoms with Gasteiger partial charge in [-0.3, -0.25) is 0 Å². The maximum absolute atomic E-state index is 4.25. The molecule has 4 rings (SSSR count). The van der Waals surface area contributed by atoms with Gasteiger partial charge in [0.1, 0.15) is 0 Å². The second kappa shape index (κ2) is 11.4. The Balaban J connectivity index is 2.06. The van der Waals surface area contributed by atoms with Gasteiger partial charge in [0, 0.05) is 4.90 Å². The summed E-state index contributed by atoms with van der Waals surface area (Å²) in [6.07, 6.45) is 6.10. The highest BCUT2D eigenvalue weighted by atomic mass is 31.2. The third-order valence-electron chi connectivity index (χ3n) is 5.83. The molecule has 0 amide bonds. The number of benzene rings is 4. The molecule has 164 valence electrons. The first kappa shape index (κ1) is 23.4. The van der Waals surface area contributed by atoms with E-state index in [1.54, 1.807) is 0 Å². The Hall–Kier alpha value is -2.78. The zero-order valence-electron chi connectivity index (χ0n) is 18.9. The Morgan fingerprint density at radius 2 is 0.697 bits per heavy atom. The summed E-state index contributed by atoms with van der Waals surface area (Å²) in [4.78, 5) is -0.0560. The van der Waals surface area contributed by atoms with Crippen LogP contribution in [0.15, 0.2) is 147 Å². The van der Waals surface area contributed by atoms with Crippen molar-refractivity contribution in [3.63, 3.8) is 0 Å². The van der Waals surface area contributed by atoms with E-state index in [0.29, 0.717) is 0 Å². The van der Waals surface area contributed by atoms with Gasteiger partial charge in [0.2, 0.25) is 0 Å². The molecule has 0 unspecified atom stereocenters. The van der Waals surface area contributed by atoms with Crippen LogP contribution in [0.3, 0.4) is 0 Å². The van der Waals surface area contributed by atoms with E-state index in [-0.39, 0.29) is 4.90 Å². The van der Waals surface area contributed by atoms with Gasteiger partial charge in [-0.2, -0.15) is 0 Å². The molecule has 0 aliphatic heterocycles. The lowest BCUT2D eigenvalue weighted by atomic mass is 10.2. The fourth-order valence-corrected chi connectivity index (χ4v) is 12.4. The molecular formula is C31H30P2. The van der Waals surface area contributed by atoms with Crippen molar-refractivity contribution < 1.29 is 0 Å². The smallest absolute Gasteiger partial charge is 0.0335 e. The maximum atomic E-state index is 4.25. The van der Waals surface area contributed by atoms with Gasteiger partial charge in [0.05, 0.1) is 0 Å². The molecule has 0 bridgehead atoms. The van der Waals surface area contributed by atoms with Gasteiger partial charge in [-0.15, -0.1) is 13.2 Å². The van der Waals surface area contributed by atoms with Crippen LogP contribution in [0.4, 0.5) is 0 Å². The third-order valence-corrected chi connectivity index (χ3v) is 12.7. The van der Waals surface area contributed by atoms with Crippen LogP contribution in [0.2, 0.25) is 0 Å². The average Bonchev–Trinajstić information content (AvgIpc) is 2.87. The van der Waals surface area contributed by atoms with Gasteiger partial charge in [-0.05, 0) is 49.9 Å². The summed E-state index contributed by atoms with van der Waals surface area (Å²) >= 11 is 0. The van der Waals surface area contributed by atoms with E-state index < -0.39 is 15.8 Å². The fraction of sp³-hybridized carbons (Fsp3) is 0.0968. The molecule has 0 aliphatic rings. The molecule has 0 heterocycles. The lowest BCUT2D eigenvalue weighted by Gasteiger charge is -2.47. The largest absolute Gasteiger partial charge is 0.103 e. The number of allylic oxidation sites excluding steroid dienone is 2. The highest BCUT2D eigenvalue weighted by Gasteiger charge is 2.46. The van der Waals surface area contributed by atoms with Crippen LogP contribution in [0.5, 0.6) is 0 Å².